The fourth-order valence-electron chi connectivity index (χ4n) is 1.72. The van der Waals surface area contributed by atoms with Crippen LogP contribution in [0.4, 0.5) is 0 Å². The fourth-order valence-corrected chi connectivity index (χ4v) is 2.61. The summed E-state index contributed by atoms with van der Waals surface area (Å²) in [6.07, 6.45) is 1.62. The third kappa shape index (κ3) is 1.47. The summed E-state index contributed by atoms with van der Waals surface area (Å²) >= 11 is 1.27. The third-order valence-corrected chi connectivity index (χ3v) is 3.43. The highest BCUT2D eigenvalue weighted by Crippen LogP contribution is 2.17. The Morgan fingerprint density at radius 1 is 1.19 bits per heavy atom. The zero-order chi connectivity index (χ0) is 11.0. The van der Waals surface area contributed by atoms with E-state index < -0.39 is 0 Å². The van der Waals surface area contributed by atoms with Crippen molar-refractivity contribution in [2.24, 2.45) is 0 Å². The fraction of sp³-hybridized carbons (Fsp3) is 0.0833. The highest BCUT2D eigenvalue weighted by molar-refractivity contribution is 7.16. The lowest BCUT2D eigenvalue weighted by Crippen LogP contribution is -2.12. The zero-order valence-electron chi connectivity index (χ0n) is 8.42. The Labute approximate surface area is 95.6 Å². The molecule has 0 fully saturated rings. The average Bonchev–Trinajstić information content (AvgIpc) is 2.89. The predicted molar refractivity (Wildman–Crippen MR) is 63.9 cm³/mol. The Morgan fingerprint density at radius 3 is 2.88 bits per heavy atom. The Balaban J connectivity index is 2.16. The number of fused-ring (bicyclic) bond motifs is 1. The minimum atomic E-state index is 0.0533. The molecule has 0 aliphatic rings. The molecule has 0 saturated heterocycles. The first kappa shape index (κ1) is 9.42. The van der Waals surface area contributed by atoms with Gasteiger partial charge in [0.1, 0.15) is 5.76 Å². The largest absolute Gasteiger partial charge is 0.467 e. The van der Waals surface area contributed by atoms with Crippen LogP contribution in [0.15, 0.2) is 51.9 Å². The molecule has 80 valence electrons. The molecular weight excluding hydrogens is 222 g/mol. The number of para-hydroxylation sites is 1. The van der Waals surface area contributed by atoms with Crippen LogP contribution in [0.3, 0.4) is 0 Å². The summed E-state index contributed by atoms with van der Waals surface area (Å²) < 4.78 is 8.00. The number of benzene rings is 1. The van der Waals surface area contributed by atoms with Crippen LogP contribution in [0.5, 0.6) is 0 Å². The summed E-state index contributed by atoms with van der Waals surface area (Å²) in [5.74, 6) is 0.797. The van der Waals surface area contributed by atoms with E-state index in [1.807, 2.05) is 36.4 Å². The molecule has 2 aromatic heterocycles. The Morgan fingerprint density at radius 2 is 2.06 bits per heavy atom. The first-order valence-electron chi connectivity index (χ1n) is 4.95. The molecule has 0 atom stereocenters. The molecular formula is C12H9NO2S. The molecule has 0 aliphatic carbocycles. The number of nitrogens with zero attached hydrogens (tertiary/aromatic N) is 1. The van der Waals surface area contributed by atoms with Crippen LogP contribution >= 0.6 is 11.3 Å². The lowest BCUT2D eigenvalue weighted by Gasteiger charge is -1.99. The van der Waals surface area contributed by atoms with E-state index in [0.29, 0.717) is 6.54 Å². The van der Waals surface area contributed by atoms with Crippen molar-refractivity contribution in [2.75, 3.05) is 0 Å². The molecule has 0 saturated carbocycles. The molecule has 2 heterocycles. The number of aromatic nitrogens is 1. The van der Waals surface area contributed by atoms with Crippen molar-refractivity contribution in [1.29, 1.82) is 0 Å². The minimum Gasteiger partial charge on any atom is -0.467 e. The Hall–Kier alpha value is -1.81. The van der Waals surface area contributed by atoms with Crippen LogP contribution in [0.2, 0.25) is 0 Å². The molecule has 16 heavy (non-hydrogen) atoms. The molecule has 4 heteroatoms. The molecule has 0 N–H and O–H groups in total. The van der Waals surface area contributed by atoms with Crippen LogP contribution in [-0.4, -0.2) is 4.57 Å². The lowest BCUT2D eigenvalue weighted by atomic mass is 10.3. The first-order chi connectivity index (χ1) is 7.84. The molecule has 3 aromatic rings. The smallest absolute Gasteiger partial charge is 0.308 e. The van der Waals surface area contributed by atoms with Crippen LogP contribution in [0.1, 0.15) is 5.76 Å². The van der Waals surface area contributed by atoms with E-state index in [0.717, 1.165) is 16.0 Å². The van der Waals surface area contributed by atoms with Crippen LogP contribution < -0.4 is 4.87 Å². The summed E-state index contributed by atoms with van der Waals surface area (Å²) in [5, 5.41) is 0. The highest BCUT2D eigenvalue weighted by atomic mass is 32.1. The number of hydrogen-bond donors (Lipinski definition) is 0. The van der Waals surface area contributed by atoms with Gasteiger partial charge in [-0.05, 0) is 24.3 Å². The molecule has 0 amide bonds. The Kier molecular flexibility index (Phi) is 2.15. The second-order valence-corrected chi connectivity index (χ2v) is 4.49. The normalized spacial score (nSPS) is 11.0. The SMILES string of the molecule is O=c1sc2ccccc2n1Cc1ccco1. The van der Waals surface area contributed by atoms with E-state index in [1.165, 1.54) is 11.3 Å². The van der Waals surface area contributed by atoms with Crippen molar-refractivity contribution in [3.05, 3.63) is 58.1 Å². The van der Waals surface area contributed by atoms with E-state index >= 15 is 0 Å². The van der Waals surface area contributed by atoms with Gasteiger partial charge in [-0.2, -0.15) is 0 Å². The maximum absolute atomic E-state index is 11.8. The number of furan rings is 1. The quantitative estimate of drug-likeness (QED) is 0.679. The summed E-state index contributed by atoms with van der Waals surface area (Å²) in [4.78, 5) is 11.9. The molecule has 3 nitrogen and oxygen atoms in total. The van der Waals surface area contributed by atoms with Crippen LogP contribution in [-0.2, 0) is 6.54 Å². The van der Waals surface area contributed by atoms with Gasteiger partial charge in [-0.25, -0.2) is 0 Å². The summed E-state index contributed by atoms with van der Waals surface area (Å²) in [6, 6.07) is 11.5. The molecule has 0 spiro atoms. The molecule has 0 bridgehead atoms. The van der Waals surface area contributed by atoms with Gasteiger partial charge in [-0.15, -0.1) is 0 Å². The minimum absolute atomic E-state index is 0.0533. The maximum Gasteiger partial charge on any atom is 0.308 e. The Bertz CT molecular complexity index is 664. The van der Waals surface area contributed by atoms with Gasteiger partial charge < -0.3 is 4.42 Å². The summed E-state index contributed by atoms with van der Waals surface area (Å²) in [5.41, 5.74) is 0.967. The third-order valence-electron chi connectivity index (χ3n) is 2.47. The van der Waals surface area contributed by atoms with Crippen molar-refractivity contribution in [3.8, 4) is 0 Å². The van der Waals surface area contributed by atoms with E-state index in [1.54, 1.807) is 10.8 Å². The number of rotatable bonds is 2. The predicted octanol–water partition coefficient (Wildman–Crippen LogP) is 2.70. The van der Waals surface area contributed by atoms with E-state index in [-0.39, 0.29) is 4.87 Å². The number of hydrogen-bond acceptors (Lipinski definition) is 3. The monoisotopic (exact) mass is 231 g/mol. The second kappa shape index (κ2) is 3.64. The van der Waals surface area contributed by atoms with Crippen LogP contribution in [0.25, 0.3) is 10.2 Å². The van der Waals surface area contributed by atoms with Crippen molar-refractivity contribution in [1.82, 2.24) is 4.57 Å². The van der Waals surface area contributed by atoms with Gasteiger partial charge in [0.2, 0.25) is 0 Å². The van der Waals surface area contributed by atoms with E-state index in [2.05, 4.69) is 0 Å². The maximum atomic E-state index is 11.8. The standard InChI is InChI=1S/C12H9NO2S/c14-12-13(8-9-4-3-7-15-9)10-5-1-2-6-11(10)16-12/h1-7H,8H2. The van der Waals surface area contributed by atoms with E-state index in [9.17, 15) is 4.79 Å². The van der Waals surface area contributed by atoms with Gasteiger partial charge in [-0.1, -0.05) is 23.5 Å². The highest BCUT2D eigenvalue weighted by Gasteiger charge is 2.07. The van der Waals surface area contributed by atoms with Crippen molar-refractivity contribution in [3.63, 3.8) is 0 Å². The molecule has 1 aromatic carbocycles. The van der Waals surface area contributed by atoms with Crippen LogP contribution in [0, 0.1) is 0 Å². The first-order valence-corrected chi connectivity index (χ1v) is 5.77. The lowest BCUT2D eigenvalue weighted by molar-refractivity contribution is 0.495. The molecule has 0 aliphatic heterocycles. The zero-order valence-corrected chi connectivity index (χ0v) is 9.24. The summed E-state index contributed by atoms with van der Waals surface area (Å²) in [6.45, 7) is 0.496. The molecule has 0 radical (unpaired) electrons. The van der Waals surface area contributed by atoms with Crippen molar-refractivity contribution < 1.29 is 4.42 Å². The van der Waals surface area contributed by atoms with Gasteiger partial charge in [0.05, 0.1) is 23.0 Å². The summed E-state index contributed by atoms with van der Waals surface area (Å²) in [7, 11) is 0. The molecule has 0 unspecified atom stereocenters. The topological polar surface area (TPSA) is 35.1 Å². The van der Waals surface area contributed by atoms with Gasteiger partial charge in [0, 0.05) is 0 Å². The van der Waals surface area contributed by atoms with E-state index in [4.69, 9.17) is 4.42 Å². The average molecular weight is 231 g/mol. The van der Waals surface area contributed by atoms with Crippen molar-refractivity contribution >= 4 is 21.6 Å². The van der Waals surface area contributed by atoms with Crippen molar-refractivity contribution in [2.45, 2.75) is 6.54 Å². The van der Waals surface area contributed by atoms with Gasteiger partial charge in [0.25, 0.3) is 0 Å². The van der Waals surface area contributed by atoms with Gasteiger partial charge in [-0.3, -0.25) is 9.36 Å². The van der Waals surface area contributed by atoms with Gasteiger partial charge >= 0.3 is 4.87 Å². The number of thiazole rings is 1. The second-order valence-electron chi connectivity index (χ2n) is 3.50. The van der Waals surface area contributed by atoms with Gasteiger partial charge in [0.15, 0.2) is 0 Å². The molecule has 3 rings (SSSR count).